The smallest absolute Gasteiger partial charge is 0.0485 e. The van der Waals surface area contributed by atoms with Crippen molar-refractivity contribution in [1.82, 2.24) is 0 Å². The van der Waals surface area contributed by atoms with Gasteiger partial charge in [-0.05, 0) is 56.9 Å². The van der Waals surface area contributed by atoms with E-state index in [1.165, 1.54) is 22.3 Å². The van der Waals surface area contributed by atoms with Crippen LogP contribution < -0.4 is 5.32 Å². The molecule has 2 rings (SSSR count). The first kappa shape index (κ1) is 15.6. The van der Waals surface area contributed by atoms with Gasteiger partial charge < -0.3 is 10.4 Å². The Kier molecular flexibility index (Phi) is 5.40. The molecular weight excluding hydrogens is 258 g/mol. The van der Waals surface area contributed by atoms with Crippen molar-refractivity contribution in [3.8, 4) is 0 Å². The van der Waals surface area contributed by atoms with Gasteiger partial charge in [0.15, 0.2) is 0 Å². The fourth-order valence-corrected chi connectivity index (χ4v) is 2.69. The molecule has 0 radical (unpaired) electrons. The van der Waals surface area contributed by atoms with Crippen molar-refractivity contribution in [2.75, 3.05) is 11.9 Å². The van der Waals surface area contributed by atoms with E-state index in [0.717, 1.165) is 18.5 Å². The van der Waals surface area contributed by atoms with Crippen molar-refractivity contribution in [3.05, 3.63) is 64.7 Å². The lowest BCUT2D eigenvalue weighted by atomic mass is 10.0. The molecule has 0 aliphatic rings. The summed E-state index contributed by atoms with van der Waals surface area (Å²) in [6.07, 6.45) is 1.74. The van der Waals surface area contributed by atoms with E-state index in [9.17, 15) is 0 Å². The molecule has 2 aromatic carbocycles. The van der Waals surface area contributed by atoms with E-state index in [1.807, 2.05) is 0 Å². The predicted molar refractivity (Wildman–Crippen MR) is 89.8 cm³/mol. The van der Waals surface area contributed by atoms with Crippen LogP contribution in [0.5, 0.6) is 0 Å². The summed E-state index contributed by atoms with van der Waals surface area (Å²) in [5.74, 6) is 0. The minimum atomic E-state index is 0.247. The van der Waals surface area contributed by atoms with Crippen LogP contribution >= 0.6 is 0 Å². The molecule has 1 atom stereocenters. The van der Waals surface area contributed by atoms with E-state index in [4.69, 9.17) is 5.11 Å². The van der Waals surface area contributed by atoms with E-state index >= 15 is 0 Å². The summed E-state index contributed by atoms with van der Waals surface area (Å²) in [6.45, 7) is 6.71. The summed E-state index contributed by atoms with van der Waals surface area (Å²) in [4.78, 5) is 0. The number of aliphatic hydroxyl groups is 1. The van der Waals surface area contributed by atoms with Gasteiger partial charge in [-0.2, -0.15) is 0 Å². The molecule has 0 saturated carbocycles. The lowest BCUT2D eigenvalue weighted by Crippen LogP contribution is -2.07. The Morgan fingerprint density at radius 2 is 1.76 bits per heavy atom. The molecule has 2 aromatic rings. The molecule has 1 unspecified atom stereocenters. The maximum Gasteiger partial charge on any atom is 0.0485 e. The highest BCUT2D eigenvalue weighted by atomic mass is 16.2. The van der Waals surface area contributed by atoms with Gasteiger partial charge in [0, 0.05) is 18.3 Å². The second-order valence-electron chi connectivity index (χ2n) is 5.81. The minimum absolute atomic E-state index is 0.247. The Labute approximate surface area is 127 Å². The lowest BCUT2D eigenvalue weighted by Gasteiger charge is -2.17. The van der Waals surface area contributed by atoms with Crippen molar-refractivity contribution >= 4 is 5.69 Å². The topological polar surface area (TPSA) is 32.3 Å². The molecule has 2 heteroatoms. The Morgan fingerprint density at radius 3 is 2.43 bits per heavy atom. The van der Waals surface area contributed by atoms with Gasteiger partial charge in [-0.25, -0.2) is 0 Å². The summed E-state index contributed by atoms with van der Waals surface area (Å²) < 4.78 is 0. The molecule has 0 bridgehead atoms. The highest BCUT2D eigenvalue weighted by Crippen LogP contribution is 2.22. The SMILES string of the molecule is Cc1cc(C)cc(C(C)Nc2cccc(CCCO)c2)c1. The molecule has 0 fully saturated rings. The van der Waals surface area contributed by atoms with Crippen molar-refractivity contribution in [1.29, 1.82) is 0 Å². The van der Waals surface area contributed by atoms with Crippen molar-refractivity contribution in [2.24, 2.45) is 0 Å². The molecular formula is C19H25NO. The Morgan fingerprint density at radius 1 is 1.05 bits per heavy atom. The van der Waals surface area contributed by atoms with Gasteiger partial charge in [0.2, 0.25) is 0 Å². The minimum Gasteiger partial charge on any atom is -0.396 e. The highest BCUT2D eigenvalue weighted by molar-refractivity contribution is 5.48. The van der Waals surface area contributed by atoms with Gasteiger partial charge in [0.05, 0.1) is 0 Å². The second-order valence-corrected chi connectivity index (χ2v) is 5.81. The van der Waals surface area contributed by atoms with Gasteiger partial charge in [0.25, 0.3) is 0 Å². The molecule has 2 N–H and O–H groups in total. The van der Waals surface area contributed by atoms with Crippen molar-refractivity contribution in [3.63, 3.8) is 0 Å². The van der Waals surface area contributed by atoms with Crippen LogP contribution in [0.25, 0.3) is 0 Å². The highest BCUT2D eigenvalue weighted by Gasteiger charge is 2.07. The van der Waals surface area contributed by atoms with E-state index in [-0.39, 0.29) is 12.6 Å². The Balaban J connectivity index is 2.09. The van der Waals surface area contributed by atoms with Gasteiger partial charge in [-0.15, -0.1) is 0 Å². The average molecular weight is 283 g/mol. The fraction of sp³-hybridized carbons (Fsp3) is 0.368. The number of anilines is 1. The van der Waals surface area contributed by atoms with E-state index in [2.05, 4.69) is 68.6 Å². The van der Waals surface area contributed by atoms with Gasteiger partial charge in [-0.3, -0.25) is 0 Å². The summed E-state index contributed by atoms with van der Waals surface area (Å²) in [5.41, 5.74) is 6.32. The number of benzene rings is 2. The quantitative estimate of drug-likeness (QED) is 0.823. The summed E-state index contributed by atoms with van der Waals surface area (Å²) >= 11 is 0. The molecule has 2 nitrogen and oxygen atoms in total. The zero-order valence-corrected chi connectivity index (χ0v) is 13.2. The van der Waals surface area contributed by atoms with Crippen LogP contribution in [0.1, 0.15) is 41.6 Å². The van der Waals surface area contributed by atoms with Crippen LogP contribution in [0.3, 0.4) is 0 Å². The van der Waals surface area contributed by atoms with E-state index in [1.54, 1.807) is 0 Å². The van der Waals surface area contributed by atoms with Crippen LogP contribution in [-0.2, 0) is 6.42 Å². The van der Waals surface area contributed by atoms with Crippen LogP contribution in [-0.4, -0.2) is 11.7 Å². The lowest BCUT2D eigenvalue weighted by molar-refractivity contribution is 0.288. The van der Waals surface area contributed by atoms with E-state index < -0.39 is 0 Å². The first-order chi connectivity index (χ1) is 10.1. The average Bonchev–Trinajstić information content (AvgIpc) is 2.44. The van der Waals surface area contributed by atoms with Crippen molar-refractivity contribution in [2.45, 2.75) is 39.7 Å². The van der Waals surface area contributed by atoms with E-state index in [0.29, 0.717) is 0 Å². The van der Waals surface area contributed by atoms with Crippen LogP contribution in [0, 0.1) is 13.8 Å². The summed E-state index contributed by atoms with van der Waals surface area (Å²) in [7, 11) is 0. The third kappa shape index (κ3) is 4.61. The third-order valence-electron chi connectivity index (χ3n) is 3.68. The summed E-state index contributed by atoms with van der Waals surface area (Å²) in [5, 5.41) is 12.5. The molecule has 0 aliphatic carbocycles. The number of aryl methyl sites for hydroxylation is 3. The maximum atomic E-state index is 8.93. The molecule has 0 aliphatic heterocycles. The largest absolute Gasteiger partial charge is 0.396 e. The zero-order chi connectivity index (χ0) is 15.2. The van der Waals surface area contributed by atoms with Gasteiger partial charge in [0.1, 0.15) is 0 Å². The fourth-order valence-electron chi connectivity index (χ4n) is 2.69. The molecule has 0 saturated heterocycles. The Hall–Kier alpha value is -1.80. The van der Waals surface area contributed by atoms with Crippen LogP contribution in [0.2, 0.25) is 0 Å². The van der Waals surface area contributed by atoms with Crippen LogP contribution in [0.4, 0.5) is 5.69 Å². The number of hydrogen-bond acceptors (Lipinski definition) is 2. The maximum absolute atomic E-state index is 8.93. The predicted octanol–water partition coefficient (Wildman–Crippen LogP) is 4.40. The number of nitrogens with one attached hydrogen (secondary N) is 1. The number of rotatable bonds is 6. The molecule has 0 spiro atoms. The molecule has 21 heavy (non-hydrogen) atoms. The normalized spacial score (nSPS) is 12.2. The molecule has 0 amide bonds. The standard InChI is InChI=1S/C19H25NO/c1-14-10-15(2)12-18(11-14)16(3)20-19-8-4-6-17(13-19)7-5-9-21/h4,6,8,10-13,16,20-21H,5,7,9H2,1-3H3. The second kappa shape index (κ2) is 7.28. The first-order valence-corrected chi connectivity index (χ1v) is 7.63. The van der Waals surface area contributed by atoms with Crippen LogP contribution in [0.15, 0.2) is 42.5 Å². The third-order valence-corrected chi connectivity index (χ3v) is 3.68. The molecule has 0 aromatic heterocycles. The Bertz CT molecular complexity index is 572. The molecule has 112 valence electrons. The molecule has 0 heterocycles. The van der Waals surface area contributed by atoms with Gasteiger partial charge in [-0.1, -0.05) is 41.5 Å². The van der Waals surface area contributed by atoms with Gasteiger partial charge >= 0.3 is 0 Å². The number of hydrogen-bond donors (Lipinski definition) is 2. The monoisotopic (exact) mass is 283 g/mol. The zero-order valence-electron chi connectivity index (χ0n) is 13.2. The summed E-state index contributed by atoms with van der Waals surface area (Å²) in [6, 6.07) is 15.4. The number of aliphatic hydroxyl groups excluding tert-OH is 1. The van der Waals surface area contributed by atoms with Crippen molar-refractivity contribution < 1.29 is 5.11 Å². The first-order valence-electron chi connectivity index (χ1n) is 7.63.